The van der Waals surface area contributed by atoms with Gasteiger partial charge < -0.3 is 18.7 Å². The average molecular weight is 863 g/mol. The number of fused-ring (bicyclic) bond motifs is 14. The van der Waals surface area contributed by atoms with Crippen LogP contribution in [-0.4, -0.2) is 16.2 Å². The van der Waals surface area contributed by atoms with Gasteiger partial charge >= 0.3 is 0 Å². The molecule has 15 rings (SSSR count). The van der Waals surface area contributed by atoms with Crippen LogP contribution in [0, 0.1) is 0 Å². The quantitative estimate of drug-likeness (QED) is 0.192. The van der Waals surface area contributed by atoms with Gasteiger partial charge in [-0.3, -0.25) is 0 Å². The maximum Gasteiger partial charge on any atom is 0.159 e. The molecule has 6 nitrogen and oxygen atoms in total. The number of thiophene rings is 1. The third kappa shape index (κ3) is 5.23. The Bertz CT molecular complexity index is 4370. The first kappa shape index (κ1) is 35.9. The molecule has 7 heteroatoms. The molecule has 1 aliphatic rings. The minimum atomic E-state index is -0.504. The zero-order valence-electron chi connectivity index (χ0n) is 35.1. The van der Waals surface area contributed by atoms with Gasteiger partial charge in [-0.15, -0.1) is 11.3 Å². The van der Waals surface area contributed by atoms with Gasteiger partial charge in [-0.05, 0) is 88.3 Å². The van der Waals surface area contributed by atoms with E-state index < -0.39 is 6.17 Å². The summed E-state index contributed by atoms with van der Waals surface area (Å²) in [5.74, 6) is 1.35. The van der Waals surface area contributed by atoms with Crippen molar-refractivity contribution in [3.63, 3.8) is 0 Å². The molecule has 0 amide bonds. The Labute approximate surface area is 379 Å². The second-order valence-electron chi connectivity index (χ2n) is 17.3. The SMILES string of the molecule is c1ccc2cc3c(cc2c1)c1cc2ccccc2cc1n3-c1ccc2oc3ccccc3c2c1C1=NC(c2ccc3c(c2)sc2ccccc23)=NC(c2ccc3c(c2)oc2ccccc23)N1. The maximum absolute atomic E-state index is 6.69. The van der Waals surface area contributed by atoms with Gasteiger partial charge in [0.05, 0.1) is 22.3 Å². The number of rotatable bonds is 4. The van der Waals surface area contributed by atoms with Crippen molar-refractivity contribution < 1.29 is 8.83 Å². The fraction of sp³-hybridized carbons (Fsp3) is 0.0169. The Balaban J connectivity index is 1.03. The summed E-state index contributed by atoms with van der Waals surface area (Å²) in [6, 6.07) is 69.2. The maximum atomic E-state index is 6.69. The van der Waals surface area contributed by atoms with Crippen LogP contribution >= 0.6 is 11.3 Å². The monoisotopic (exact) mass is 862 g/mol. The van der Waals surface area contributed by atoms with Crippen molar-refractivity contribution >= 4 is 130 Å². The molecule has 66 heavy (non-hydrogen) atoms. The van der Waals surface area contributed by atoms with Crippen molar-refractivity contribution in [2.75, 3.05) is 0 Å². The average Bonchev–Trinajstić information content (AvgIpc) is 4.13. The first-order valence-corrected chi connectivity index (χ1v) is 23.1. The van der Waals surface area contributed by atoms with Crippen LogP contribution in [0.5, 0.6) is 0 Å². The molecule has 0 bridgehead atoms. The van der Waals surface area contributed by atoms with E-state index in [-0.39, 0.29) is 0 Å². The molecule has 0 spiro atoms. The highest BCUT2D eigenvalue weighted by Crippen LogP contribution is 2.43. The molecular weight excluding hydrogens is 829 g/mol. The normalized spacial score (nSPS) is 14.5. The van der Waals surface area contributed by atoms with Crippen LogP contribution < -0.4 is 5.32 Å². The fourth-order valence-corrected chi connectivity index (χ4v) is 11.7. The second kappa shape index (κ2) is 13.5. The van der Waals surface area contributed by atoms with Gasteiger partial charge in [0.25, 0.3) is 0 Å². The lowest BCUT2D eigenvalue weighted by molar-refractivity contribution is 0.655. The molecule has 1 N–H and O–H groups in total. The number of nitrogens with one attached hydrogen (secondary N) is 1. The summed E-state index contributed by atoms with van der Waals surface area (Å²) in [5, 5.41) is 17.7. The molecule has 0 aliphatic carbocycles. The molecule has 308 valence electrons. The number of nitrogens with zero attached hydrogens (tertiary/aromatic N) is 3. The van der Waals surface area contributed by atoms with E-state index in [1.165, 1.54) is 52.5 Å². The minimum absolute atomic E-state index is 0.504. The van der Waals surface area contributed by atoms with Gasteiger partial charge in [0.1, 0.15) is 34.3 Å². The van der Waals surface area contributed by atoms with Crippen LogP contribution in [0.3, 0.4) is 0 Å². The predicted molar refractivity (Wildman–Crippen MR) is 275 cm³/mol. The molecule has 1 aliphatic heterocycles. The number of aromatic nitrogens is 1. The number of hydrogen-bond donors (Lipinski definition) is 1. The Kier molecular flexibility index (Phi) is 7.34. The number of hydrogen-bond acceptors (Lipinski definition) is 6. The molecular formula is C59H34N4O2S. The molecule has 0 saturated heterocycles. The van der Waals surface area contributed by atoms with Gasteiger partial charge in [0.2, 0.25) is 0 Å². The van der Waals surface area contributed by atoms with Crippen molar-refractivity contribution in [3.8, 4) is 5.69 Å². The van der Waals surface area contributed by atoms with Crippen molar-refractivity contribution in [2.24, 2.45) is 9.98 Å². The van der Waals surface area contributed by atoms with E-state index in [2.05, 4.69) is 180 Å². The van der Waals surface area contributed by atoms with Crippen LogP contribution in [0.2, 0.25) is 0 Å². The third-order valence-corrected chi connectivity index (χ3v) is 14.7. The van der Waals surface area contributed by atoms with Crippen molar-refractivity contribution in [1.82, 2.24) is 9.88 Å². The van der Waals surface area contributed by atoms with Crippen molar-refractivity contribution in [1.29, 1.82) is 0 Å². The molecule has 14 aromatic rings. The Morgan fingerprint density at radius 3 is 1.80 bits per heavy atom. The van der Waals surface area contributed by atoms with Gasteiger partial charge in [-0.2, -0.15) is 0 Å². The van der Waals surface area contributed by atoms with E-state index in [0.29, 0.717) is 11.7 Å². The minimum Gasteiger partial charge on any atom is -0.456 e. The van der Waals surface area contributed by atoms with Crippen molar-refractivity contribution in [2.45, 2.75) is 6.17 Å². The summed E-state index contributed by atoms with van der Waals surface area (Å²) in [7, 11) is 0. The fourth-order valence-electron chi connectivity index (χ4n) is 10.5. The molecule has 0 fully saturated rings. The van der Waals surface area contributed by atoms with Crippen molar-refractivity contribution in [3.05, 3.63) is 211 Å². The van der Waals surface area contributed by atoms with Crippen LogP contribution in [0.4, 0.5) is 0 Å². The first-order chi connectivity index (χ1) is 32.7. The smallest absolute Gasteiger partial charge is 0.159 e. The molecule has 1 atom stereocenters. The third-order valence-electron chi connectivity index (χ3n) is 13.6. The number of amidine groups is 2. The zero-order chi connectivity index (χ0) is 43.0. The molecule has 0 saturated carbocycles. The number of furan rings is 2. The summed E-state index contributed by atoms with van der Waals surface area (Å²) >= 11 is 1.80. The molecule has 10 aromatic carbocycles. The Morgan fingerprint density at radius 2 is 1.05 bits per heavy atom. The highest BCUT2D eigenvalue weighted by atomic mass is 32.1. The van der Waals surface area contributed by atoms with Gasteiger partial charge in [0.15, 0.2) is 5.84 Å². The topological polar surface area (TPSA) is 68.0 Å². The largest absolute Gasteiger partial charge is 0.456 e. The highest BCUT2D eigenvalue weighted by Gasteiger charge is 2.29. The van der Waals surface area contributed by atoms with Gasteiger partial charge in [-0.25, -0.2) is 9.98 Å². The summed E-state index contributed by atoms with van der Waals surface area (Å²) in [6.07, 6.45) is -0.504. The number of aliphatic imine (C=N–C) groups is 2. The first-order valence-electron chi connectivity index (χ1n) is 22.2. The summed E-state index contributed by atoms with van der Waals surface area (Å²) in [6.45, 7) is 0. The van der Waals surface area contributed by atoms with Crippen LogP contribution in [-0.2, 0) is 0 Å². The number of benzene rings is 10. The second-order valence-corrected chi connectivity index (χ2v) is 18.4. The van der Waals surface area contributed by atoms with Gasteiger partial charge in [0, 0.05) is 63.6 Å². The summed E-state index contributed by atoms with van der Waals surface area (Å²) in [5.41, 5.74) is 9.33. The predicted octanol–water partition coefficient (Wildman–Crippen LogP) is 15.8. The van der Waals surface area contributed by atoms with E-state index in [0.717, 1.165) is 77.3 Å². The number of para-hydroxylation sites is 2. The standard InChI is InChI=1S/C59H34N4O2S/c1-3-13-35-29-47-44(27-33(35)11-1)45-28-34-12-2-4-14-36(34)30-48(45)63(47)46-25-26-51-55(43-17-6-9-19-50(43)64-51)56(46)59-61-57(37-21-23-40-39-15-5-8-18-49(39)65-52(40)31-37)60-58(62-59)38-22-24-42-41-16-7-10-20-53(41)66-54(42)32-38/h1-32,57H,(H,60,61,62). The molecule has 5 heterocycles. The van der Waals surface area contributed by atoms with E-state index in [4.69, 9.17) is 18.8 Å². The summed E-state index contributed by atoms with van der Waals surface area (Å²) in [4.78, 5) is 11.1. The lowest BCUT2D eigenvalue weighted by atomic mass is 10.0. The van der Waals surface area contributed by atoms with Gasteiger partial charge in [-0.1, -0.05) is 127 Å². The zero-order valence-corrected chi connectivity index (χ0v) is 35.9. The highest BCUT2D eigenvalue weighted by molar-refractivity contribution is 7.25. The van der Waals surface area contributed by atoms with Crippen LogP contribution in [0.15, 0.2) is 213 Å². The summed E-state index contributed by atoms with van der Waals surface area (Å²) < 4.78 is 18.1. The van der Waals surface area contributed by atoms with E-state index in [1.807, 2.05) is 24.3 Å². The molecule has 1 unspecified atom stereocenters. The van der Waals surface area contributed by atoms with Crippen LogP contribution in [0.1, 0.15) is 22.9 Å². The lowest BCUT2D eigenvalue weighted by Crippen LogP contribution is -2.34. The van der Waals surface area contributed by atoms with E-state index in [1.54, 1.807) is 11.3 Å². The lowest BCUT2D eigenvalue weighted by Gasteiger charge is -2.26. The Hall–Kier alpha value is -8.52. The van der Waals surface area contributed by atoms with E-state index in [9.17, 15) is 0 Å². The van der Waals surface area contributed by atoms with Crippen LogP contribution in [0.25, 0.3) is 113 Å². The molecule has 4 aromatic heterocycles. The molecule has 0 radical (unpaired) electrons. The Morgan fingerprint density at radius 1 is 0.455 bits per heavy atom. The van der Waals surface area contributed by atoms with E-state index >= 15 is 0 Å².